The van der Waals surface area contributed by atoms with Crippen molar-refractivity contribution >= 4 is 17.6 Å². The van der Waals surface area contributed by atoms with Crippen LogP contribution in [0.1, 0.15) is 30.1 Å². The average molecular weight is 343 g/mol. The first-order valence-electron chi connectivity index (χ1n) is 8.39. The number of fused-ring (bicyclic) bond motifs is 1. The number of hydrogen-bond acceptors (Lipinski definition) is 5. The van der Waals surface area contributed by atoms with Gasteiger partial charge in [-0.15, -0.1) is 0 Å². The van der Waals surface area contributed by atoms with Crippen molar-refractivity contribution in [3.63, 3.8) is 0 Å². The monoisotopic (exact) mass is 343 g/mol. The number of amides is 2. The lowest BCUT2D eigenvalue weighted by Crippen LogP contribution is -2.40. The number of imide groups is 1. The normalized spacial score (nSPS) is 23.5. The van der Waals surface area contributed by atoms with Crippen LogP contribution in [0.3, 0.4) is 0 Å². The summed E-state index contributed by atoms with van der Waals surface area (Å²) >= 11 is 0. The van der Waals surface area contributed by atoms with Crippen molar-refractivity contribution < 1.29 is 24.2 Å². The van der Waals surface area contributed by atoms with Gasteiger partial charge in [0.05, 0.1) is 18.4 Å². The Hall–Kier alpha value is -2.47. The van der Waals surface area contributed by atoms with Crippen LogP contribution in [-0.2, 0) is 9.59 Å². The Morgan fingerprint density at radius 1 is 1.24 bits per heavy atom. The highest BCUT2D eigenvalue weighted by molar-refractivity contribution is 6.05. The van der Waals surface area contributed by atoms with Crippen molar-refractivity contribution in [3.05, 3.63) is 42.0 Å². The van der Waals surface area contributed by atoms with E-state index < -0.39 is 6.10 Å². The van der Waals surface area contributed by atoms with Crippen LogP contribution in [0.15, 0.2) is 36.4 Å². The van der Waals surface area contributed by atoms with E-state index in [2.05, 4.69) is 0 Å². The molecule has 1 saturated heterocycles. The minimum absolute atomic E-state index is 0.0635. The lowest BCUT2D eigenvalue weighted by atomic mass is 9.85. The molecule has 2 amide bonds. The number of ketones is 1. The molecule has 1 heterocycles. The molecule has 0 aromatic heterocycles. The summed E-state index contributed by atoms with van der Waals surface area (Å²) in [6.45, 7) is 1.33. The molecule has 0 spiro atoms. The number of aliphatic hydroxyl groups is 1. The summed E-state index contributed by atoms with van der Waals surface area (Å²) < 4.78 is 5.49. The number of ether oxygens (including phenoxy) is 1. The Kier molecular flexibility index (Phi) is 4.99. The second-order valence-corrected chi connectivity index (χ2v) is 6.49. The third-order valence-electron chi connectivity index (χ3n) is 4.68. The number of β-amino-alcohol motifs (C(OH)–C–C–N with tert-alkyl or cyclic N) is 1. The fourth-order valence-corrected chi connectivity index (χ4v) is 3.31. The lowest BCUT2D eigenvalue weighted by Gasteiger charge is -2.19. The molecule has 1 aliphatic heterocycles. The highest BCUT2D eigenvalue weighted by Crippen LogP contribution is 2.35. The van der Waals surface area contributed by atoms with Gasteiger partial charge in [-0.3, -0.25) is 19.3 Å². The Morgan fingerprint density at radius 3 is 2.48 bits per heavy atom. The van der Waals surface area contributed by atoms with Gasteiger partial charge in [-0.05, 0) is 31.9 Å². The molecule has 0 unspecified atom stereocenters. The minimum Gasteiger partial charge on any atom is -0.491 e. The second kappa shape index (κ2) is 7.19. The number of hydrogen-bond donors (Lipinski definition) is 1. The van der Waals surface area contributed by atoms with Crippen LogP contribution in [0, 0.1) is 11.8 Å². The lowest BCUT2D eigenvalue weighted by molar-refractivity contribution is -0.141. The van der Waals surface area contributed by atoms with E-state index in [0.717, 1.165) is 4.90 Å². The summed E-state index contributed by atoms with van der Waals surface area (Å²) in [5, 5.41) is 10.2. The van der Waals surface area contributed by atoms with E-state index in [1.165, 1.54) is 6.92 Å². The van der Waals surface area contributed by atoms with E-state index in [4.69, 9.17) is 4.74 Å². The predicted molar refractivity (Wildman–Crippen MR) is 90.0 cm³/mol. The van der Waals surface area contributed by atoms with Gasteiger partial charge >= 0.3 is 0 Å². The van der Waals surface area contributed by atoms with Crippen molar-refractivity contribution in [2.45, 2.75) is 25.9 Å². The molecule has 1 aromatic carbocycles. The van der Waals surface area contributed by atoms with Crippen molar-refractivity contribution in [2.24, 2.45) is 11.8 Å². The van der Waals surface area contributed by atoms with Crippen LogP contribution in [0.5, 0.6) is 5.75 Å². The van der Waals surface area contributed by atoms with E-state index in [1.807, 2.05) is 12.2 Å². The summed E-state index contributed by atoms with van der Waals surface area (Å²) in [5.74, 6) is -0.621. The molecular formula is C19H21NO5. The van der Waals surface area contributed by atoms with Gasteiger partial charge in [-0.25, -0.2) is 0 Å². The topological polar surface area (TPSA) is 83.9 Å². The summed E-state index contributed by atoms with van der Waals surface area (Å²) in [6.07, 6.45) is 4.03. The van der Waals surface area contributed by atoms with E-state index in [-0.39, 0.29) is 42.6 Å². The second-order valence-electron chi connectivity index (χ2n) is 6.49. The van der Waals surface area contributed by atoms with E-state index >= 15 is 0 Å². The predicted octanol–water partition coefficient (Wildman–Crippen LogP) is 1.58. The van der Waals surface area contributed by atoms with Gasteiger partial charge in [0, 0.05) is 5.56 Å². The number of aliphatic hydroxyl groups excluding tert-OH is 1. The molecule has 1 aliphatic carbocycles. The number of carbonyl (C=O) groups is 3. The number of allylic oxidation sites excluding steroid dienone is 2. The molecule has 132 valence electrons. The number of rotatable bonds is 6. The zero-order valence-electron chi connectivity index (χ0n) is 14.1. The minimum atomic E-state index is -0.984. The Bertz CT molecular complexity index is 700. The van der Waals surface area contributed by atoms with Crippen LogP contribution in [0.2, 0.25) is 0 Å². The molecule has 0 bridgehead atoms. The summed E-state index contributed by atoms with van der Waals surface area (Å²) in [6, 6.07) is 6.67. The van der Waals surface area contributed by atoms with Crippen LogP contribution >= 0.6 is 0 Å². The van der Waals surface area contributed by atoms with Crippen LogP contribution in [0.25, 0.3) is 0 Å². The number of Topliss-reactive ketones (excluding diaryl/α,β-unsaturated/α-hetero) is 1. The molecule has 0 saturated carbocycles. The van der Waals surface area contributed by atoms with Gasteiger partial charge in [0.2, 0.25) is 11.8 Å². The van der Waals surface area contributed by atoms with Gasteiger partial charge in [0.25, 0.3) is 0 Å². The maximum atomic E-state index is 12.4. The van der Waals surface area contributed by atoms with Crippen LogP contribution < -0.4 is 4.74 Å². The van der Waals surface area contributed by atoms with Gasteiger partial charge in [0.15, 0.2) is 5.78 Å². The van der Waals surface area contributed by atoms with Gasteiger partial charge in [0.1, 0.15) is 18.5 Å². The quantitative estimate of drug-likeness (QED) is 0.482. The maximum Gasteiger partial charge on any atom is 0.233 e. The number of carbonyl (C=O) groups excluding carboxylic acids is 3. The fraction of sp³-hybridized carbons (Fsp3) is 0.421. The molecule has 6 nitrogen and oxygen atoms in total. The zero-order valence-corrected chi connectivity index (χ0v) is 14.1. The van der Waals surface area contributed by atoms with Gasteiger partial charge < -0.3 is 9.84 Å². The highest BCUT2D eigenvalue weighted by Gasteiger charge is 2.47. The molecule has 0 radical (unpaired) electrons. The third kappa shape index (κ3) is 3.64. The van der Waals surface area contributed by atoms with Crippen LogP contribution in [-0.4, -0.2) is 46.9 Å². The van der Waals surface area contributed by atoms with Gasteiger partial charge in [-0.2, -0.15) is 0 Å². The fourth-order valence-electron chi connectivity index (χ4n) is 3.31. The molecule has 1 N–H and O–H groups in total. The maximum absolute atomic E-state index is 12.4. The molecular weight excluding hydrogens is 322 g/mol. The Morgan fingerprint density at radius 2 is 1.88 bits per heavy atom. The van der Waals surface area contributed by atoms with E-state index in [0.29, 0.717) is 24.2 Å². The summed E-state index contributed by atoms with van der Waals surface area (Å²) in [5.41, 5.74) is 0.522. The van der Waals surface area contributed by atoms with Gasteiger partial charge in [-0.1, -0.05) is 24.3 Å². The Balaban J connectivity index is 1.57. The van der Waals surface area contributed by atoms with E-state index in [1.54, 1.807) is 24.3 Å². The summed E-state index contributed by atoms with van der Waals surface area (Å²) in [7, 11) is 0. The molecule has 25 heavy (non-hydrogen) atoms. The largest absolute Gasteiger partial charge is 0.491 e. The Labute approximate surface area is 146 Å². The number of likely N-dealkylation sites (tertiary alicyclic amines) is 1. The first-order chi connectivity index (χ1) is 12.0. The zero-order chi connectivity index (χ0) is 18.0. The van der Waals surface area contributed by atoms with Crippen molar-refractivity contribution in [1.29, 1.82) is 0 Å². The third-order valence-corrected chi connectivity index (χ3v) is 4.68. The smallest absolute Gasteiger partial charge is 0.233 e. The number of benzene rings is 1. The average Bonchev–Trinajstić information content (AvgIpc) is 2.85. The SMILES string of the molecule is CC(=O)c1cccc(OC[C@H](O)CN2C(=O)[C@H]3CC=CC[C@H]3C2=O)c1. The van der Waals surface area contributed by atoms with E-state index in [9.17, 15) is 19.5 Å². The first kappa shape index (κ1) is 17.4. The van der Waals surface area contributed by atoms with Crippen molar-refractivity contribution in [1.82, 2.24) is 4.90 Å². The van der Waals surface area contributed by atoms with Crippen LogP contribution in [0.4, 0.5) is 0 Å². The molecule has 1 aromatic rings. The molecule has 3 rings (SSSR count). The van der Waals surface area contributed by atoms with Crippen molar-refractivity contribution in [2.75, 3.05) is 13.2 Å². The molecule has 2 aliphatic rings. The molecule has 6 heteroatoms. The van der Waals surface area contributed by atoms with Crippen molar-refractivity contribution in [3.8, 4) is 5.75 Å². The number of nitrogens with zero attached hydrogens (tertiary/aromatic N) is 1. The molecule has 1 fully saturated rings. The standard InChI is InChI=1S/C19H21NO5/c1-12(21)13-5-4-6-15(9-13)25-11-14(22)10-20-18(23)16-7-2-3-8-17(16)19(20)24/h2-6,9,14,16-17,22H,7-8,10-11H2,1H3/t14-,16-,17+/m1/s1. The molecule has 3 atom stereocenters. The summed E-state index contributed by atoms with van der Waals surface area (Å²) in [4.78, 5) is 37.2. The highest BCUT2D eigenvalue weighted by atomic mass is 16.5. The first-order valence-corrected chi connectivity index (χ1v) is 8.39.